The number of benzene rings is 2. The molecule has 2 aromatic rings. The van der Waals surface area contributed by atoms with Gasteiger partial charge in [-0.1, -0.05) is 0 Å². The van der Waals surface area contributed by atoms with Gasteiger partial charge in [0, 0.05) is 0 Å². The first-order valence-electron chi connectivity index (χ1n) is 6.11. The molecule has 0 radical (unpaired) electrons. The monoisotopic (exact) mass is 428 g/mol. The van der Waals surface area contributed by atoms with Gasteiger partial charge in [0.1, 0.15) is 0 Å². The van der Waals surface area contributed by atoms with Gasteiger partial charge in [-0.15, -0.1) is 0 Å². The summed E-state index contributed by atoms with van der Waals surface area (Å²) in [5.74, 6) is 0. The molecule has 1 spiro atoms. The van der Waals surface area contributed by atoms with E-state index >= 15 is 0 Å². The van der Waals surface area contributed by atoms with E-state index in [9.17, 15) is 0 Å². The molecule has 0 nitrogen and oxygen atoms in total. The fourth-order valence-electron chi connectivity index (χ4n) is 2.22. The molecule has 2 aliphatic heterocycles. The van der Waals surface area contributed by atoms with Crippen LogP contribution in [-0.4, -0.2) is 12.8 Å². The van der Waals surface area contributed by atoms with Crippen LogP contribution in [0.4, 0.5) is 0 Å². The first kappa shape index (κ1) is 13.3. The summed E-state index contributed by atoms with van der Waals surface area (Å²) in [6, 6.07) is 13.9. The van der Waals surface area contributed by atoms with Crippen LogP contribution < -0.4 is 0 Å². The number of hydrogen-bond acceptors (Lipinski definition) is 4. The Morgan fingerprint density at radius 3 is 1.53 bits per heavy atom. The van der Waals surface area contributed by atoms with E-state index in [-0.39, 0.29) is 0 Å². The van der Waals surface area contributed by atoms with Crippen molar-refractivity contribution in [2.75, 3.05) is 0 Å². The van der Waals surface area contributed by atoms with Gasteiger partial charge in [-0.05, 0) is 0 Å². The van der Waals surface area contributed by atoms with Crippen molar-refractivity contribution in [3.8, 4) is 0 Å². The number of fused-ring (bicyclic) bond motifs is 2. The zero-order valence-electron chi connectivity index (χ0n) is 10.6. The van der Waals surface area contributed by atoms with Gasteiger partial charge in [-0.3, -0.25) is 0 Å². The van der Waals surface area contributed by atoms with Crippen molar-refractivity contribution in [2.24, 2.45) is 0 Å². The van der Waals surface area contributed by atoms with Gasteiger partial charge in [-0.2, -0.15) is 0 Å². The normalized spacial score (nSPS) is 18.6. The van der Waals surface area contributed by atoms with Crippen LogP contribution in [0.3, 0.4) is 0 Å². The molecule has 2 aromatic carbocycles. The maximum absolute atomic E-state index is 2.37. The summed E-state index contributed by atoms with van der Waals surface area (Å²) < 4.78 is 0. The molecule has 2 heterocycles. The minimum atomic E-state index is -2.29. The van der Waals surface area contributed by atoms with Crippen LogP contribution in [0.15, 0.2) is 56.0 Å². The fourth-order valence-corrected chi connectivity index (χ4v) is 52.0. The molecule has 19 heavy (non-hydrogen) atoms. The standard InChI is InChI=1S/2C7H8S2.Sn/c2*1-5-2-3-6(8)7(9)4-5;/h2*2-4,8-9H,1H3;/q;;+4/p-4. The van der Waals surface area contributed by atoms with E-state index in [0.29, 0.717) is 0 Å². The van der Waals surface area contributed by atoms with Crippen LogP contribution in [0.1, 0.15) is 11.1 Å². The van der Waals surface area contributed by atoms with Gasteiger partial charge in [0.2, 0.25) is 0 Å². The zero-order chi connectivity index (χ0) is 13.0. The molecule has 0 unspecified atom stereocenters. The molecule has 5 heteroatoms. The molecular weight excluding hydrogens is 415 g/mol. The van der Waals surface area contributed by atoms with E-state index < -0.39 is 12.8 Å². The summed E-state index contributed by atoms with van der Waals surface area (Å²) in [6.07, 6.45) is 0. The van der Waals surface area contributed by atoms with Crippen LogP contribution in [0.25, 0.3) is 0 Å². The second-order valence-electron chi connectivity index (χ2n) is 4.81. The third-order valence-electron chi connectivity index (χ3n) is 3.14. The molecular formula is C14H12S4Sn. The molecule has 0 bridgehead atoms. The number of aryl methyl sites for hydroxylation is 2. The Hall–Kier alpha value is 0.639. The predicted molar refractivity (Wildman–Crippen MR) is 91.5 cm³/mol. The van der Waals surface area contributed by atoms with Crippen LogP contribution >= 0.6 is 35.8 Å². The second kappa shape index (κ2) is 4.83. The van der Waals surface area contributed by atoms with E-state index in [1.54, 1.807) is 0 Å². The molecule has 0 aromatic heterocycles. The summed E-state index contributed by atoms with van der Waals surface area (Å²) in [4.78, 5) is 6.11. The van der Waals surface area contributed by atoms with Gasteiger partial charge in [0.25, 0.3) is 0 Å². The topological polar surface area (TPSA) is 0 Å². The summed E-state index contributed by atoms with van der Waals surface area (Å²) in [5, 5.41) is 0. The predicted octanol–water partition coefficient (Wildman–Crippen LogP) is 5.83. The Balaban J connectivity index is 1.70. The third-order valence-corrected chi connectivity index (χ3v) is 42.9. The first-order chi connectivity index (χ1) is 9.13. The molecule has 0 saturated heterocycles. The van der Waals surface area contributed by atoms with Gasteiger partial charge < -0.3 is 0 Å². The van der Waals surface area contributed by atoms with Gasteiger partial charge in [0.15, 0.2) is 0 Å². The van der Waals surface area contributed by atoms with Gasteiger partial charge in [0.05, 0.1) is 0 Å². The minimum absolute atomic E-state index is 1.39. The van der Waals surface area contributed by atoms with Gasteiger partial charge >= 0.3 is 130 Å². The van der Waals surface area contributed by atoms with Crippen molar-refractivity contribution in [3.05, 3.63) is 47.5 Å². The summed E-state index contributed by atoms with van der Waals surface area (Å²) in [5.41, 5.74) is 2.77. The van der Waals surface area contributed by atoms with Crippen molar-refractivity contribution in [1.29, 1.82) is 0 Å². The number of hydrogen-bond donors (Lipinski definition) is 0. The van der Waals surface area contributed by atoms with Crippen molar-refractivity contribution in [3.63, 3.8) is 0 Å². The van der Waals surface area contributed by atoms with Crippen LogP contribution in [-0.2, 0) is 0 Å². The average Bonchev–Trinajstić information content (AvgIpc) is 2.87. The third kappa shape index (κ3) is 2.37. The van der Waals surface area contributed by atoms with Crippen LogP contribution in [0.5, 0.6) is 0 Å². The van der Waals surface area contributed by atoms with E-state index in [2.05, 4.69) is 86.0 Å². The van der Waals surface area contributed by atoms with Crippen molar-refractivity contribution in [2.45, 2.75) is 33.4 Å². The SMILES string of the molecule is Cc1ccc2c(c1)[S][Sn]1([S]2)[S]c2ccc(C)cc2[S]1. The summed E-state index contributed by atoms with van der Waals surface area (Å²) in [6.45, 7) is 4.39. The van der Waals surface area contributed by atoms with E-state index in [1.165, 1.54) is 30.7 Å². The molecule has 0 atom stereocenters. The Labute approximate surface area is 128 Å². The Morgan fingerprint density at radius 2 is 1.05 bits per heavy atom. The van der Waals surface area contributed by atoms with E-state index in [1.807, 2.05) is 0 Å². The van der Waals surface area contributed by atoms with Crippen molar-refractivity contribution >= 4 is 48.6 Å². The van der Waals surface area contributed by atoms with Crippen molar-refractivity contribution < 1.29 is 0 Å². The first-order valence-corrected chi connectivity index (χ1v) is 23.4. The quantitative estimate of drug-likeness (QED) is 0.485. The Kier molecular flexibility index (Phi) is 3.39. The molecule has 96 valence electrons. The molecule has 0 amide bonds. The van der Waals surface area contributed by atoms with Crippen LogP contribution in [0, 0.1) is 13.8 Å². The maximum atomic E-state index is 2.37. The molecule has 0 N–H and O–H groups in total. The van der Waals surface area contributed by atoms with Crippen molar-refractivity contribution in [1.82, 2.24) is 0 Å². The molecule has 0 fully saturated rings. The zero-order valence-corrected chi connectivity index (χ0v) is 16.7. The fraction of sp³-hybridized carbons (Fsp3) is 0.143. The molecule has 0 saturated carbocycles. The average molecular weight is 427 g/mol. The Bertz CT molecular complexity index is 624. The molecule has 2 aliphatic rings. The number of rotatable bonds is 0. The summed E-state index contributed by atoms with van der Waals surface area (Å²) in [7, 11) is 8.88. The van der Waals surface area contributed by atoms with E-state index in [4.69, 9.17) is 0 Å². The van der Waals surface area contributed by atoms with Gasteiger partial charge in [-0.25, -0.2) is 0 Å². The molecule has 0 aliphatic carbocycles. The Morgan fingerprint density at radius 1 is 0.632 bits per heavy atom. The molecule has 4 rings (SSSR count). The summed E-state index contributed by atoms with van der Waals surface area (Å²) >= 11 is -2.29. The van der Waals surface area contributed by atoms with E-state index in [0.717, 1.165) is 0 Å². The second-order valence-corrected chi connectivity index (χ2v) is 44.1. The van der Waals surface area contributed by atoms with Crippen LogP contribution in [0.2, 0.25) is 0 Å².